The molecule has 0 aromatic heterocycles. The van der Waals surface area contributed by atoms with Crippen molar-refractivity contribution in [2.45, 2.75) is 23.8 Å². The van der Waals surface area contributed by atoms with Crippen molar-refractivity contribution < 1.29 is 9.90 Å². The van der Waals surface area contributed by atoms with Gasteiger partial charge in [0.05, 0.1) is 6.10 Å². The number of aliphatic hydroxyl groups is 1. The fraction of sp³-hybridized carbons (Fsp3) is 0.462. The highest BCUT2D eigenvalue weighted by Crippen LogP contribution is 2.18. The van der Waals surface area contributed by atoms with Gasteiger partial charge in [-0.1, -0.05) is 0 Å². The van der Waals surface area contributed by atoms with Gasteiger partial charge < -0.3 is 15.3 Å². The second-order valence-electron chi connectivity index (χ2n) is 4.40. The molecule has 1 aliphatic heterocycles. The predicted molar refractivity (Wildman–Crippen MR) is 74.1 cm³/mol. The molecule has 0 saturated carbocycles. The largest absolute Gasteiger partial charge is 0.391 e. The Morgan fingerprint density at radius 2 is 2.17 bits per heavy atom. The van der Waals surface area contributed by atoms with Gasteiger partial charge in [0.2, 0.25) is 0 Å². The molecule has 2 N–H and O–H groups in total. The summed E-state index contributed by atoms with van der Waals surface area (Å²) in [4.78, 5) is 14.8. The molecule has 98 valence electrons. The topological polar surface area (TPSA) is 52.6 Å². The average Bonchev–Trinajstić information content (AvgIpc) is 2.39. The van der Waals surface area contributed by atoms with Crippen molar-refractivity contribution >= 4 is 23.5 Å². The SMILES string of the molecule is CSc1ccc(NC(=O)N2CCC[C@H](O)C2)cc1. The van der Waals surface area contributed by atoms with Crippen molar-refractivity contribution in [3.63, 3.8) is 0 Å². The monoisotopic (exact) mass is 266 g/mol. The number of rotatable bonds is 2. The lowest BCUT2D eigenvalue weighted by Gasteiger charge is -2.30. The molecule has 0 bridgehead atoms. The van der Waals surface area contributed by atoms with E-state index in [0.29, 0.717) is 13.1 Å². The van der Waals surface area contributed by atoms with Gasteiger partial charge in [-0.3, -0.25) is 0 Å². The van der Waals surface area contributed by atoms with Crippen molar-refractivity contribution in [2.24, 2.45) is 0 Å². The number of amides is 2. The molecule has 1 aliphatic rings. The molecule has 1 aromatic carbocycles. The fourth-order valence-electron chi connectivity index (χ4n) is 2.02. The lowest BCUT2D eigenvalue weighted by Crippen LogP contribution is -2.44. The average molecular weight is 266 g/mol. The van der Waals surface area contributed by atoms with E-state index in [9.17, 15) is 9.90 Å². The molecule has 0 aliphatic carbocycles. The van der Waals surface area contributed by atoms with Crippen LogP contribution in [-0.2, 0) is 0 Å². The number of carbonyl (C=O) groups excluding carboxylic acids is 1. The van der Waals surface area contributed by atoms with Gasteiger partial charge in [0, 0.05) is 23.7 Å². The molecule has 1 atom stereocenters. The van der Waals surface area contributed by atoms with E-state index in [1.807, 2.05) is 30.5 Å². The summed E-state index contributed by atoms with van der Waals surface area (Å²) < 4.78 is 0. The highest BCUT2D eigenvalue weighted by atomic mass is 32.2. The number of urea groups is 1. The highest BCUT2D eigenvalue weighted by molar-refractivity contribution is 7.98. The Morgan fingerprint density at radius 3 is 2.78 bits per heavy atom. The van der Waals surface area contributed by atoms with Crippen LogP contribution in [0.25, 0.3) is 0 Å². The summed E-state index contributed by atoms with van der Waals surface area (Å²) in [7, 11) is 0. The highest BCUT2D eigenvalue weighted by Gasteiger charge is 2.21. The maximum Gasteiger partial charge on any atom is 0.321 e. The summed E-state index contributed by atoms with van der Waals surface area (Å²) in [5.74, 6) is 0. The number of carbonyl (C=O) groups is 1. The van der Waals surface area contributed by atoms with E-state index in [0.717, 1.165) is 18.5 Å². The number of thioether (sulfide) groups is 1. The maximum atomic E-state index is 12.0. The Labute approximate surface area is 111 Å². The number of benzene rings is 1. The van der Waals surface area contributed by atoms with Crippen LogP contribution < -0.4 is 5.32 Å². The summed E-state index contributed by atoms with van der Waals surface area (Å²) in [5, 5.41) is 12.4. The predicted octanol–water partition coefficient (Wildman–Crippen LogP) is 2.40. The van der Waals surface area contributed by atoms with Crippen LogP contribution in [0.2, 0.25) is 0 Å². The molecule has 0 radical (unpaired) electrons. The maximum absolute atomic E-state index is 12.0. The van der Waals surface area contributed by atoms with Gasteiger partial charge in [-0.15, -0.1) is 11.8 Å². The van der Waals surface area contributed by atoms with E-state index in [2.05, 4.69) is 5.32 Å². The van der Waals surface area contributed by atoms with Crippen LogP contribution in [0, 0.1) is 0 Å². The first-order chi connectivity index (χ1) is 8.69. The molecule has 1 aromatic rings. The number of hydrogen-bond acceptors (Lipinski definition) is 3. The van der Waals surface area contributed by atoms with Gasteiger partial charge in [0.1, 0.15) is 0 Å². The van der Waals surface area contributed by atoms with Gasteiger partial charge in [-0.05, 0) is 43.4 Å². The molecule has 1 saturated heterocycles. The van der Waals surface area contributed by atoms with Crippen LogP contribution in [0.4, 0.5) is 10.5 Å². The van der Waals surface area contributed by atoms with Gasteiger partial charge >= 0.3 is 6.03 Å². The van der Waals surface area contributed by atoms with Crippen molar-refractivity contribution in [1.29, 1.82) is 0 Å². The van der Waals surface area contributed by atoms with Crippen molar-refractivity contribution in [3.8, 4) is 0 Å². The zero-order valence-electron chi connectivity index (χ0n) is 10.4. The molecule has 0 unspecified atom stereocenters. The van der Waals surface area contributed by atoms with Gasteiger partial charge in [-0.2, -0.15) is 0 Å². The van der Waals surface area contributed by atoms with Crippen LogP contribution in [0.3, 0.4) is 0 Å². The van der Waals surface area contributed by atoms with E-state index in [1.54, 1.807) is 16.7 Å². The molecule has 0 spiro atoms. The molecule has 1 heterocycles. The lowest BCUT2D eigenvalue weighted by atomic mass is 10.1. The van der Waals surface area contributed by atoms with E-state index in [-0.39, 0.29) is 12.1 Å². The Morgan fingerprint density at radius 1 is 1.44 bits per heavy atom. The second-order valence-corrected chi connectivity index (χ2v) is 5.28. The van der Waals surface area contributed by atoms with Gasteiger partial charge in [0.15, 0.2) is 0 Å². The van der Waals surface area contributed by atoms with E-state index >= 15 is 0 Å². The number of aliphatic hydroxyl groups excluding tert-OH is 1. The first-order valence-electron chi connectivity index (χ1n) is 6.07. The number of nitrogens with one attached hydrogen (secondary N) is 1. The van der Waals surface area contributed by atoms with E-state index in [4.69, 9.17) is 0 Å². The Balaban J connectivity index is 1.93. The second kappa shape index (κ2) is 6.11. The summed E-state index contributed by atoms with van der Waals surface area (Å²) in [6.07, 6.45) is 3.28. The number of anilines is 1. The third kappa shape index (κ3) is 3.40. The third-order valence-corrected chi connectivity index (χ3v) is 3.77. The van der Waals surface area contributed by atoms with Crippen LogP contribution in [0.15, 0.2) is 29.2 Å². The number of nitrogens with zero attached hydrogens (tertiary/aromatic N) is 1. The smallest absolute Gasteiger partial charge is 0.321 e. The number of likely N-dealkylation sites (tertiary alicyclic amines) is 1. The molecule has 5 heteroatoms. The zero-order valence-corrected chi connectivity index (χ0v) is 11.2. The molecular formula is C13H18N2O2S. The standard InChI is InChI=1S/C13H18N2O2S/c1-18-12-6-4-10(5-7-12)14-13(17)15-8-2-3-11(16)9-15/h4-7,11,16H,2-3,8-9H2,1H3,(H,14,17)/t11-/m0/s1. The van der Waals surface area contributed by atoms with Crippen LogP contribution in [-0.4, -0.2) is 41.5 Å². The normalized spacial score (nSPS) is 19.7. The molecule has 2 amide bonds. The zero-order chi connectivity index (χ0) is 13.0. The van der Waals surface area contributed by atoms with Crippen LogP contribution in [0.5, 0.6) is 0 Å². The van der Waals surface area contributed by atoms with Crippen LogP contribution >= 0.6 is 11.8 Å². The molecule has 2 rings (SSSR count). The first kappa shape index (κ1) is 13.2. The molecular weight excluding hydrogens is 248 g/mol. The van der Waals surface area contributed by atoms with Gasteiger partial charge in [0.25, 0.3) is 0 Å². The van der Waals surface area contributed by atoms with E-state index < -0.39 is 0 Å². The molecule has 4 nitrogen and oxygen atoms in total. The summed E-state index contributed by atoms with van der Waals surface area (Å²) in [6.45, 7) is 1.14. The number of piperidine rings is 1. The van der Waals surface area contributed by atoms with Crippen LogP contribution in [0.1, 0.15) is 12.8 Å². The Bertz CT molecular complexity index is 408. The molecule has 1 fully saturated rings. The number of β-amino-alcohol motifs (C(OH)–C–C–N with tert-alkyl or cyclic N) is 1. The minimum absolute atomic E-state index is 0.134. The Hall–Kier alpha value is -1.20. The summed E-state index contributed by atoms with van der Waals surface area (Å²) in [5.41, 5.74) is 0.790. The minimum atomic E-state index is -0.386. The quantitative estimate of drug-likeness (QED) is 0.808. The minimum Gasteiger partial charge on any atom is -0.391 e. The fourth-order valence-corrected chi connectivity index (χ4v) is 2.42. The number of hydrogen-bond donors (Lipinski definition) is 2. The lowest BCUT2D eigenvalue weighted by molar-refractivity contribution is 0.0883. The Kier molecular flexibility index (Phi) is 4.49. The summed E-state index contributed by atoms with van der Waals surface area (Å²) in [6, 6.07) is 7.61. The molecule has 18 heavy (non-hydrogen) atoms. The van der Waals surface area contributed by atoms with E-state index in [1.165, 1.54) is 4.90 Å². The van der Waals surface area contributed by atoms with Crippen molar-refractivity contribution in [1.82, 2.24) is 4.90 Å². The van der Waals surface area contributed by atoms with Gasteiger partial charge in [-0.25, -0.2) is 4.79 Å². The van der Waals surface area contributed by atoms with Crippen molar-refractivity contribution in [2.75, 3.05) is 24.7 Å². The third-order valence-electron chi connectivity index (χ3n) is 3.03. The summed E-state index contributed by atoms with van der Waals surface area (Å²) >= 11 is 1.67. The van der Waals surface area contributed by atoms with Crippen molar-refractivity contribution in [3.05, 3.63) is 24.3 Å². The first-order valence-corrected chi connectivity index (χ1v) is 7.29.